The van der Waals surface area contributed by atoms with E-state index in [1.54, 1.807) is 0 Å². The molecule has 0 aromatic heterocycles. The molecule has 0 saturated heterocycles. The fourth-order valence-electron chi connectivity index (χ4n) is 3.07. The highest BCUT2D eigenvalue weighted by Crippen LogP contribution is 2.25. The van der Waals surface area contributed by atoms with E-state index in [4.69, 9.17) is 11.1 Å². The molecule has 1 unspecified atom stereocenters. The van der Waals surface area contributed by atoms with Crippen molar-refractivity contribution in [2.45, 2.75) is 99.2 Å². The third kappa shape index (κ3) is 9.17. The molecular weight excluding hydrogens is 368 g/mol. The van der Waals surface area contributed by atoms with Crippen LogP contribution in [0.25, 0.3) is 0 Å². The van der Waals surface area contributed by atoms with Crippen molar-refractivity contribution in [2.75, 3.05) is 0 Å². The fourth-order valence-corrected chi connectivity index (χ4v) is 3.07. The van der Waals surface area contributed by atoms with Crippen molar-refractivity contribution in [1.29, 1.82) is 5.41 Å². The maximum absolute atomic E-state index is 8.79. The molecule has 0 bridgehead atoms. The lowest BCUT2D eigenvalue weighted by atomic mass is 9.97. The van der Waals surface area contributed by atoms with E-state index in [1.807, 2.05) is 20.8 Å². The summed E-state index contributed by atoms with van der Waals surface area (Å²) in [4.78, 5) is 0. The molecule has 0 amide bonds. The monoisotopic (exact) mass is 412 g/mol. The summed E-state index contributed by atoms with van der Waals surface area (Å²) in [6.07, 6.45) is 15.5. The summed E-state index contributed by atoms with van der Waals surface area (Å²) in [6, 6.07) is 0.625. The van der Waals surface area contributed by atoms with Gasteiger partial charge in [-0.3, -0.25) is 5.41 Å². The van der Waals surface area contributed by atoms with Crippen LogP contribution in [-0.2, 0) is 0 Å². The fraction of sp³-hybridized carbons (Fsp3) is 0.577. The van der Waals surface area contributed by atoms with E-state index in [1.165, 1.54) is 42.5 Å². The Morgan fingerprint density at radius 3 is 2.33 bits per heavy atom. The van der Waals surface area contributed by atoms with Crippen LogP contribution >= 0.6 is 0 Å². The Kier molecular flexibility index (Phi) is 11.5. The molecule has 1 aliphatic carbocycles. The molecule has 0 aromatic carbocycles. The summed E-state index contributed by atoms with van der Waals surface area (Å²) in [7, 11) is 0. The topological polar surface area (TPSA) is 73.9 Å². The standard InChI is InChI=1S/C26H44N4/c1-8-10-12-14-25(30-24-15-16-24)19(4)18(3)17-23(13-11-9-2)26(28)20(5)21(6)29-22(7)27/h11,13-14,17,22,24,28-30H,8-10,12,15-16,27H2,1-7H3/b13-11-,19-18+,21-20+,23-17+,25-14-,28-26?. The molecule has 0 spiro atoms. The van der Waals surface area contributed by atoms with Gasteiger partial charge in [-0.2, -0.15) is 0 Å². The van der Waals surface area contributed by atoms with Crippen molar-refractivity contribution in [3.8, 4) is 0 Å². The van der Waals surface area contributed by atoms with E-state index in [2.05, 4.69) is 62.6 Å². The first-order valence-electron chi connectivity index (χ1n) is 11.5. The van der Waals surface area contributed by atoms with Gasteiger partial charge in [0.1, 0.15) is 0 Å². The number of hydrogen-bond donors (Lipinski definition) is 4. The third-order valence-electron chi connectivity index (χ3n) is 5.41. The van der Waals surface area contributed by atoms with Crippen LogP contribution in [0.1, 0.15) is 87.0 Å². The van der Waals surface area contributed by atoms with Crippen molar-refractivity contribution in [1.82, 2.24) is 10.6 Å². The second kappa shape index (κ2) is 13.3. The zero-order chi connectivity index (χ0) is 22.7. The molecule has 5 N–H and O–H groups in total. The molecular formula is C26H44N4. The minimum absolute atomic E-state index is 0.139. The molecule has 30 heavy (non-hydrogen) atoms. The summed E-state index contributed by atoms with van der Waals surface area (Å²) in [6.45, 7) is 14.6. The Labute approximate surface area is 185 Å². The molecule has 0 aromatic rings. The Hall–Kier alpha value is -2.07. The SMILES string of the molecule is CC\C=C/C(=C\C(C)=C(C)\C(=C\CCCC)NC1CC1)C(=N)/C(C)=C(\C)NC(C)N. The molecule has 1 saturated carbocycles. The van der Waals surface area contributed by atoms with Crippen molar-refractivity contribution in [3.05, 3.63) is 58.0 Å². The number of nitrogens with one attached hydrogen (secondary N) is 3. The van der Waals surface area contributed by atoms with Crippen LogP contribution in [-0.4, -0.2) is 17.9 Å². The van der Waals surface area contributed by atoms with E-state index in [-0.39, 0.29) is 6.17 Å². The number of unbranched alkanes of at least 4 members (excludes halogenated alkanes) is 2. The summed E-state index contributed by atoms with van der Waals surface area (Å²) in [5.74, 6) is 0. The zero-order valence-electron chi connectivity index (χ0n) is 20.3. The molecule has 1 aliphatic rings. The van der Waals surface area contributed by atoms with Gasteiger partial charge in [-0.15, -0.1) is 0 Å². The van der Waals surface area contributed by atoms with Gasteiger partial charge in [0.25, 0.3) is 0 Å². The average Bonchev–Trinajstić information content (AvgIpc) is 3.52. The van der Waals surface area contributed by atoms with Gasteiger partial charge in [0.15, 0.2) is 0 Å². The van der Waals surface area contributed by atoms with Gasteiger partial charge in [-0.1, -0.05) is 44.9 Å². The van der Waals surface area contributed by atoms with Gasteiger partial charge in [0.2, 0.25) is 0 Å². The van der Waals surface area contributed by atoms with Crippen LogP contribution < -0.4 is 16.4 Å². The van der Waals surface area contributed by atoms with E-state index in [0.717, 1.165) is 29.7 Å². The van der Waals surface area contributed by atoms with Gasteiger partial charge in [0.05, 0.1) is 11.9 Å². The summed E-state index contributed by atoms with van der Waals surface area (Å²) >= 11 is 0. The molecule has 4 nitrogen and oxygen atoms in total. The Bertz CT molecular complexity index is 728. The quantitative estimate of drug-likeness (QED) is 0.125. The van der Waals surface area contributed by atoms with Crippen molar-refractivity contribution < 1.29 is 0 Å². The lowest BCUT2D eigenvalue weighted by Crippen LogP contribution is -2.33. The Morgan fingerprint density at radius 2 is 1.80 bits per heavy atom. The molecule has 0 heterocycles. The van der Waals surface area contributed by atoms with Gasteiger partial charge in [0, 0.05) is 17.4 Å². The van der Waals surface area contributed by atoms with E-state index in [0.29, 0.717) is 11.8 Å². The van der Waals surface area contributed by atoms with Crippen LogP contribution in [0.2, 0.25) is 0 Å². The summed E-state index contributed by atoms with van der Waals surface area (Å²) in [5.41, 5.74) is 12.9. The largest absolute Gasteiger partial charge is 0.382 e. The summed E-state index contributed by atoms with van der Waals surface area (Å²) < 4.78 is 0. The first-order valence-corrected chi connectivity index (χ1v) is 11.5. The number of allylic oxidation sites excluding steroid dienone is 9. The van der Waals surface area contributed by atoms with Gasteiger partial charge in [-0.05, 0) is 88.7 Å². The predicted molar refractivity (Wildman–Crippen MR) is 133 cm³/mol. The highest BCUT2D eigenvalue weighted by atomic mass is 15.0. The molecule has 1 fully saturated rings. The van der Waals surface area contributed by atoms with E-state index >= 15 is 0 Å². The number of hydrogen-bond acceptors (Lipinski definition) is 4. The average molecular weight is 413 g/mol. The van der Waals surface area contributed by atoms with Crippen molar-refractivity contribution in [2.24, 2.45) is 5.73 Å². The maximum atomic E-state index is 8.79. The second-order valence-electron chi connectivity index (χ2n) is 8.45. The van der Waals surface area contributed by atoms with Crippen LogP contribution in [0.4, 0.5) is 0 Å². The molecule has 4 heteroatoms. The Morgan fingerprint density at radius 1 is 1.13 bits per heavy atom. The minimum Gasteiger partial charge on any atom is -0.382 e. The zero-order valence-corrected chi connectivity index (χ0v) is 20.3. The van der Waals surface area contributed by atoms with Crippen LogP contribution in [0.5, 0.6) is 0 Å². The van der Waals surface area contributed by atoms with Crippen molar-refractivity contribution in [3.63, 3.8) is 0 Å². The van der Waals surface area contributed by atoms with Gasteiger partial charge < -0.3 is 16.4 Å². The van der Waals surface area contributed by atoms with Crippen molar-refractivity contribution >= 4 is 5.71 Å². The lowest BCUT2D eigenvalue weighted by molar-refractivity contribution is 0.638. The summed E-state index contributed by atoms with van der Waals surface area (Å²) in [5, 5.41) is 15.7. The second-order valence-corrected chi connectivity index (χ2v) is 8.45. The first-order chi connectivity index (χ1) is 14.2. The van der Waals surface area contributed by atoms with E-state index in [9.17, 15) is 0 Å². The molecule has 0 aliphatic heterocycles. The van der Waals surface area contributed by atoms with E-state index < -0.39 is 0 Å². The highest BCUT2D eigenvalue weighted by Gasteiger charge is 2.22. The van der Waals surface area contributed by atoms with Crippen LogP contribution in [0.15, 0.2) is 58.0 Å². The highest BCUT2D eigenvalue weighted by molar-refractivity contribution is 6.12. The Balaban J connectivity index is 3.26. The van der Waals surface area contributed by atoms with Crippen LogP contribution in [0, 0.1) is 5.41 Å². The number of rotatable bonds is 13. The molecule has 0 radical (unpaired) electrons. The van der Waals surface area contributed by atoms with Crippen LogP contribution in [0.3, 0.4) is 0 Å². The lowest BCUT2D eigenvalue weighted by Gasteiger charge is -2.16. The normalized spacial score (nSPS) is 18.1. The van der Waals surface area contributed by atoms with Gasteiger partial charge >= 0.3 is 0 Å². The predicted octanol–water partition coefficient (Wildman–Crippen LogP) is 6.25. The third-order valence-corrected chi connectivity index (χ3v) is 5.41. The van der Waals surface area contributed by atoms with Gasteiger partial charge in [-0.25, -0.2) is 0 Å². The maximum Gasteiger partial charge on any atom is 0.0711 e. The first kappa shape index (κ1) is 26.0. The smallest absolute Gasteiger partial charge is 0.0711 e. The molecule has 1 rings (SSSR count). The molecule has 1 atom stereocenters. The molecule has 168 valence electrons. The number of nitrogens with two attached hydrogens (primary N) is 1. The minimum atomic E-state index is -0.139.